The van der Waals surface area contributed by atoms with Gasteiger partial charge in [-0.2, -0.15) is 0 Å². The Labute approximate surface area is 164 Å². The molecule has 0 heterocycles. The first-order valence-corrected chi connectivity index (χ1v) is 9.04. The molecular formula is C20H25ClFN2O3+. The molecule has 2 N–H and O–H groups in total. The second kappa shape index (κ2) is 10.1. The van der Waals surface area contributed by atoms with E-state index in [4.69, 9.17) is 21.1 Å². The van der Waals surface area contributed by atoms with Gasteiger partial charge in [0.15, 0.2) is 18.0 Å². The van der Waals surface area contributed by atoms with Crippen molar-refractivity contribution >= 4 is 17.5 Å². The van der Waals surface area contributed by atoms with Gasteiger partial charge in [0, 0.05) is 6.54 Å². The van der Waals surface area contributed by atoms with Crippen molar-refractivity contribution in [3.05, 3.63) is 58.4 Å². The normalized spacial score (nSPS) is 11.7. The molecule has 0 aromatic heterocycles. The Kier molecular flexibility index (Phi) is 7.88. The SMILES string of the molecule is COc1ccc(CCNC(=O)C[NH+](C)Cc2c(F)cccc2Cl)cc1OC. The third-order valence-corrected chi connectivity index (χ3v) is 4.54. The van der Waals surface area contributed by atoms with Gasteiger partial charge in [0.2, 0.25) is 0 Å². The number of quaternary nitrogens is 1. The van der Waals surface area contributed by atoms with E-state index in [0.717, 1.165) is 10.5 Å². The quantitative estimate of drug-likeness (QED) is 0.681. The molecule has 2 aromatic carbocycles. The number of ether oxygens (including phenoxy) is 2. The van der Waals surface area contributed by atoms with Gasteiger partial charge in [-0.05, 0) is 36.2 Å². The average Bonchev–Trinajstić information content (AvgIpc) is 2.64. The molecule has 2 rings (SSSR count). The number of rotatable bonds is 9. The zero-order valence-corrected chi connectivity index (χ0v) is 16.5. The molecule has 0 saturated heterocycles. The lowest BCUT2D eigenvalue weighted by Crippen LogP contribution is -3.09. The molecule has 0 aliphatic heterocycles. The highest BCUT2D eigenvalue weighted by molar-refractivity contribution is 6.31. The molecular weight excluding hydrogens is 371 g/mol. The highest BCUT2D eigenvalue weighted by atomic mass is 35.5. The Bertz CT molecular complexity index is 766. The van der Waals surface area contributed by atoms with Gasteiger partial charge in [-0.3, -0.25) is 4.79 Å². The minimum atomic E-state index is -0.351. The van der Waals surface area contributed by atoms with Crippen molar-refractivity contribution in [1.82, 2.24) is 5.32 Å². The molecule has 27 heavy (non-hydrogen) atoms. The van der Waals surface area contributed by atoms with Gasteiger partial charge >= 0.3 is 0 Å². The summed E-state index contributed by atoms with van der Waals surface area (Å²) in [5.74, 6) is 0.880. The molecule has 0 aliphatic rings. The third kappa shape index (κ3) is 6.12. The van der Waals surface area contributed by atoms with E-state index in [2.05, 4.69) is 5.32 Å². The van der Waals surface area contributed by atoms with Crippen LogP contribution in [-0.4, -0.2) is 40.3 Å². The smallest absolute Gasteiger partial charge is 0.275 e. The number of carbonyl (C=O) groups excluding carboxylic acids is 1. The molecule has 0 bridgehead atoms. The molecule has 1 amide bonds. The lowest BCUT2D eigenvalue weighted by molar-refractivity contribution is -0.885. The molecule has 1 atom stereocenters. The first-order chi connectivity index (χ1) is 12.9. The molecule has 146 valence electrons. The summed E-state index contributed by atoms with van der Waals surface area (Å²) in [5.41, 5.74) is 1.46. The van der Waals surface area contributed by atoms with E-state index >= 15 is 0 Å². The van der Waals surface area contributed by atoms with Crippen LogP contribution in [0, 0.1) is 5.82 Å². The first-order valence-electron chi connectivity index (χ1n) is 8.66. The maximum atomic E-state index is 13.8. The largest absolute Gasteiger partial charge is 0.493 e. The van der Waals surface area contributed by atoms with E-state index in [-0.39, 0.29) is 18.3 Å². The fraction of sp³-hybridized carbons (Fsp3) is 0.350. The van der Waals surface area contributed by atoms with Gasteiger partial charge in [0.25, 0.3) is 5.91 Å². The Hall–Kier alpha value is -2.31. The molecule has 0 radical (unpaired) electrons. The molecule has 0 spiro atoms. The van der Waals surface area contributed by atoms with E-state index in [1.807, 2.05) is 25.2 Å². The molecule has 0 saturated carbocycles. The second-order valence-corrected chi connectivity index (χ2v) is 6.71. The van der Waals surface area contributed by atoms with Crippen molar-refractivity contribution in [2.45, 2.75) is 13.0 Å². The van der Waals surface area contributed by atoms with Crippen molar-refractivity contribution < 1.29 is 23.6 Å². The van der Waals surface area contributed by atoms with Crippen LogP contribution < -0.4 is 19.7 Å². The summed E-state index contributed by atoms with van der Waals surface area (Å²) in [7, 11) is 5.01. The lowest BCUT2D eigenvalue weighted by Gasteiger charge is -2.15. The molecule has 5 nitrogen and oxygen atoms in total. The molecule has 7 heteroatoms. The average molecular weight is 396 g/mol. The second-order valence-electron chi connectivity index (χ2n) is 6.30. The zero-order valence-electron chi connectivity index (χ0n) is 15.8. The summed E-state index contributed by atoms with van der Waals surface area (Å²) < 4.78 is 24.3. The number of likely N-dealkylation sites (N-methyl/N-ethyl adjacent to an activating group) is 1. The maximum absolute atomic E-state index is 13.8. The lowest BCUT2D eigenvalue weighted by atomic mass is 10.1. The number of nitrogens with one attached hydrogen (secondary N) is 2. The Morgan fingerprint density at radius 1 is 1.19 bits per heavy atom. The van der Waals surface area contributed by atoms with Gasteiger partial charge in [0.1, 0.15) is 12.4 Å². The van der Waals surface area contributed by atoms with E-state index in [9.17, 15) is 9.18 Å². The fourth-order valence-electron chi connectivity index (χ4n) is 2.78. The predicted molar refractivity (Wildman–Crippen MR) is 103 cm³/mol. The van der Waals surface area contributed by atoms with Gasteiger partial charge in [-0.25, -0.2) is 4.39 Å². The Balaban J connectivity index is 1.80. The van der Waals surface area contributed by atoms with Crippen molar-refractivity contribution in [2.75, 3.05) is 34.4 Å². The maximum Gasteiger partial charge on any atom is 0.275 e. The summed E-state index contributed by atoms with van der Waals surface area (Å²) in [6.07, 6.45) is 0.671. The van der Waals surface area contributed by atoms with Crippen molar-refractivity contribution in [3.8, 4) is 11.5 Å². The van der Waals surface area contributed by atoms with Gasteiger partial charge in [-0.15, -0.1) is 0 Å². The predicted octanol–water partition coefficient (Wildman–Crippen LogP) is 1.87. The minimum absolute atomic E-state index is 0.0968. The van der Waals surface area contributed by atoms with E-state index in [0.29, 0.717) is 41.6 Å². The summed E-state index contributed by atoms with van der Waals surface area (Å²) in [5, 5.41) is 3.26. The van der Waals surface area contributed by atoms with Crippen LogP contribution in [0.1, 0.15) is 11.1 Å². The van der Waals surface area contributed by atoms with Gasteiger partial charge < -0.3 is 19.7 Å². The number of methoxy groups -OCH3 is 2. The van der Waals surface area contributed by atoms with E-state index in [1.54, 1.807) is 26.4 Å². The van der Waals surface area contributed by atoms with Crippen LogP contribution >= 0.6 is 11.6 Å². The van der Waals surface area contributed by atoms with Crippen molar-refractivity contribution in [3.63, 3.8) is 0 Å². The number of benzene rings is 2. The van der Waals surface area contributed by atoms with E-state index < -0.39 is 0 Å². The molecule has 0 aliphatic carbocycles. The van der Waals surface area contributed by atoms with Gasteiger partial charge in [0.05, 0.1) is 31.9 Å². The topological polar surface area (TPSA) is 52.0 Å². The summed E-state index contributed by atoms with van der Waals surface area (Å²) in [4.78, 5) is 13.0. The summed E-state index contributed by atoms with van der Waals surface area (Å²) in [6, 6.07) is 10.3. The molecule has 1 unspecified atom stereocenters. The Morgan fingerprint density at radius 3 is 2.59 bits per heavy atom. The number of amides is 1. The third-order valence-electron chi connectivity index (χ3n) is 4.19. The number of halogens is 2. The van der Waals surface area contributed by atoms with Crippen LogP contribution in [0.15, 0.2) is 36.4 Å². The zero-order chi connectivity index (χ0) is 19.8. The highest BCUT2D eigenvalue weighted by Crippen LogP contribution is 2.27. The monoisotopic (exact) mass is 395 g/mol. The van der Waals surface area contributed by atoms with Crippen molar-refractivity contribution in [2.24, 2.45) is 0 Å². The highest BCUT2D eigenvalue weighted by Gasteiger charge is 2.15. The summed E-state index contributed by atoms with van der Waals surface area (Å²) >= 11 is 6.03. The van der Waals surface area contributed by atoms with Crippen LogP contribution in [0.4, 0.5) is 4.39 Å². The molecule has 2 aromatic rings. The number of hydrogen-bond acceptors (Lipinski definition) is 3. The standard InChI is InChI=1S/C20H24ClFN2O3/c1-24(12-15-16(21)5-4-6-17(15)22)13-20(25)23-10-9-14-7-8-18(26-2)19(11-14)27-3/h4-8,11H,9-10,12-13H2,1-3H3,(H,23,25)/p+1. The van der Waals surface area contributed by atoms with Crippen LogP contribution in [0.25, 0.3) is 0 Å². The first kappa shape index (κ1) is 21.0. The Morgan fingerprint density at radius 2 is 1.93 bits per heavy atom. The van der Waals surface area contributed by atoms with Gasteiger partial charge in [-0.1, -0.05) is 23.7 Å². The van der Waals surface area contributed by atoms with Crippen LogP contribution in [0.3, 0.4) is 0 Å². The van der Waals surface area contributed by atoms with Crippen molar-refractivity contribution in [1.29, 1.82) is 0 Å². The van der Waals surface area contributed by atoms with Crippen LogP contribution in [0.5, 0.6) is 11.5 Å². The van der Waals surface area contributed by atoms with E-state index in [1.165, 1.54) is 6.07 Å². The minimum Gasteiger partial charge on any atom is -0.493 e. The molecule has 0 fully saturated rings. The summed E-state index contributed by atoms with van der Waals surface area (Å²) in [6.45, 7) is 1.08. The van der Waals surface area contributed by atoms with Crippen LogP contribution in [0.2, 0.25) is 5.02 Å². The fourth-order valence-corrected chi connectivity index (χ4v) is 3.01. The number of carbonyl (C=O) groups is 1. The number of hydrogen-bond donors (Lipinski definition) is 2. The van der Waals surface area contributed by atoms with Crippen LogP contribution in [-0.2, 0) is 17.8 Å².